The van der Waals surface area contributed by atoms with E-state index in [4.69, 9.17) is 4.74 Å². The SMILES string of the molecule is CC(C)(C)C1(CCCCc2ccc(F)cc2)CO1. The van der Waals surface area contributed by atoms with Gasteiger partial charge in [0.1, 0.15) is 5.82 Å². The summed E-state index contributed by atoms with van der Waals surface area (Å²) in [6.45, 7) is 7.66. The highest BCUT2D eigenvalue weighted by atomic mass is 19.1. The fourth-order valence-corrected chi connectivity index (χ4v) is 2.43. The minimum absolute atomic E-state index is 0.121. The highest BCUT2D eigenvalue weighted by molar-refractivity contribution is 5.16. The Balaban J connectivity index is 1.72. The van der Waals surface area contributed by atoms with E-state index < -0.39 is 0 Å². The van der Waals surface area contributed by atoms with Crippen LogP contribution in [0.4, 0.5) is 4.39 Å². The number of epoxide rings is 1. The number of rotatable bonds is 5. The third kappa shape index (κ3) is 3.11. The number of benzene rings is 1. The number of hydrogen-bond acceptors (Lipinski definition) is 1. The molecule has 1 nitrogen and oxygen atoms in total. The number of halogens is 1. The van der Waals surface area contributed by atoms with Crippen LogP contribution in [0.2, 0.25) is 0 Å². The molecule has 1 unspecified atom stereocenters. The van der Waals surface area contributed by atoms with Gasteiger partial charge in [0.25, 0.3) is 0 Å². The molecule has 0 spiro atoms. The van der Waals surface area contributed by atoms with Crippen molar-refractivity contribution < 1.29 is 9.13 Å². The molecule has 100 valence electrons. The molecule has 1 atom stereocenters. The molecule has 0 aliphatic carbocycles. The largest absolute Gasteiger partial charge is 0.369 e. The molecule has 0 saturated carbocycles. The maximum absolute atomic E-state index is 12.8. The molecule has 0 aromatic heterocycles. The van der Waals surface area contributed by atoms with Gasteiger partial charge in [-0.2, -0.15) is 0 Å². The Morgan fingerprint density at radius 1 is 1.17 bits per heavy atom. The fourth-order valence-electron chi connectivity index (χ4n) is 2.43. The second-order valence-electron chi connectivity index (χ2n) is 6.37. The van der Waals surface area contributed by atoms with E-state index in [0.29, 0.717) is 0 Å². The molecule has 18 heavy (non-hydrogen) atoms. The summed E-state index contributed by atoms with van der Waals surface area (Å²) in [4.78, 5) is 0. The van der Waals surface area contributed by atoms with Crippen LogP contribution < -0.4 is 0 Å². The average Bonchev–Trinajstić information content (AvgIpc) is 3.07. The van der Waals surface area contributed by atoms with Crippen molar-refractivity contribution in [1.29, 1.82) is 0 Å². The summed E-state index contributed by atoms with van der Waals surface area (Å²) in [7, 11) is 0. The van der Waals surface area contributed by atoms with E-state index in [1.54, 1.807) is 0 Å². The molecule has 0 amide bonds. The molecule has 0 radical (unpaired) electrons. The first-order chi connectivity index (χ1) is 8.43. The molecular formula is C16H23FO. The van der Waals surface area contributed by atoms with E-state index in [0.717, 1.165) is 25.9 Å². The van der Waals surface area contributed by atoms with Gasteiger partial charge in [-0.15, -0.1) is 0 Å². The van der Waals surface area contributed by atoms with Gasteiger partial charge < -0.3 is 4.74 Å². The van der Waals surface area contributed by atoms with Crippen LogP contribution in [-0.4, -0.2) is 12.2 Å². The lowest BCUT2D eigenvalue weighted by Crippen LogP contribution is -2.30. The zero-order chi connectivity index (χ0) is 13.2. The van der Waals surface area contributed by atoms with E-state index in [9.17, 15) is 4.39 Å². The number of unbranched alkanes of at least 4 members (excludes halogenated alkanes) is 1. The van der Waals surface area contributed by atoms with Gasteiger partial charge in [0, 0.05) is 0 Å². The van der Waals surface area contributed by atoms with Gasteiger partial charge in [-0.05, 0) is 42.4 Å². The highest BCUT2D eigenvalue weighted by Crippen LogP contribution is 2.47. The van der Waals surface area contributed by atoms with Gasteiger partial charge in [0.15, 0.2) is 0 Å². The lowest BCUT2D eigenvalue weighted by Gasteiger charge is -2.27. The molecule has 1 aromatic rings. The van der Waals surface area contributed by atoms with Crippen molar-refractivity contribution in [2.75, 3.05) is 6.61 Å². The van der Waals surface area contributed by atoms with Crippen molar-refractivity contribution >= 4 is 0 Å². The zero-order valence-corrected chi connectivity index (χ0v) is 11.6. The molecular weight excluding hydrogens is 227 g/mol. The third-order valence-electron chi connectivity index (χ3n) is 4.07. The summed E-state index contributed by atoms with van der Waals surface area (Å²) >= 11 is 0. The Labute approximate surface area is 109 Å². The predicted octanol–water partition coefficient (Wildman–Crippen LogP) is 4.35. The van der Waals surface area contributed by atoms with E-state index >= 15 is 0 Å². The van der Waals surface area contributed by atoms with Gasteiger partial charge >= 0.3 is 0 Å². The van der Waals surface area contributed by atoms with E-state index in [1.807, 2.05) is 12.1 Å². The maximum Gasteiger partial charge on any atom is 0.123 e. The number of hydrogen-bond donors (Lipinski definition) is 0. The summed E-state index contributed by atoms with van der Waals surface area (Å²) in [5.41, 5.74) is 1.58. The van der Waals surface area contributed by atoms with Crippen molar-refractivity contribution in [2.24, 2.45) is 5.41 Å². The molecule has 0 N–H and O–H groups in total. The molecule has 0 bridgehead atoms. The fraction of sp³-hybridized carbons (Fsp3) is 0.625. The van der Waals surface area contributed by atoms with Crippen LogP contribution in [0.5, 0.6) is 0 Å². The second kappa shape index (κ2) is 5.00. The van der Waals surface area contributed by atoms with E-state index in [1.165, 1.54) is 24.1 Å². The monoisotopic (exact) mass is 250 g/mol. The van der Waals surface area contributed by atoms with E-state index in [-0.39, 0.29) is 16.8 Å². The molecule has 1 aliphatic heterocycles. The smallest absolute Gasteiger partial charge is 0.123 e. The topological polar surface area (TPSA) is 12.5 Å². The Bertz CT molecular complexity index is 385. The van der Waals surface area contributed by atoms with Crippen LogP contribution in [-0.2, 0) is 11.2 Å². The Morgan fingerprint density at radius 2 is 1.78 bits per heavy atom. The van der Waals surface area contributed by atoms with Crippen LogP contribution >= 0.6 is 0 Å². The van der Waals surface area contributed by atoms with Gasteiger partial charge in [0.05, 0.1) is 12.2 Å². The van der Waals surface area contributed by atoms with Gasteiger partial charge in [-0.3, -0.25) is 0 Å². The van der Waals surface area contributed by atoms with E-state index in [2.05, 4.69) is 20.8 Å². The molecule has 1 saturated heterocycles. The molecule has 2 rings (SSSR count). The predicted molar refractivity (Wildman–Crippen MR) is 72.1 cm³/mol. The summed E-state index contributed by atoms with van der Waals surface area (Å²) < 4.78 is 18.4. The first-order valence-corrected chi connectivity index (χ1v) is 6.81. The minimum atomic E-state index is -0.156. The highest BCUT2D eigenvalue weighted by Gasteiger charge is 2.53. The number of ether oxygens (including phenoxy) is 1. The van der Waals surface area contributed by atoms with Crippen LogP contribution in [0.1, 0.15) is 45.6 Å². The first-order valence-electron chi connectivity index (χ1n) is 6.81. The molecule has 2 heteroatoms. The average molecular weight is 250 g/mol. The van der Waals surface area contributed by atoms with Gasteiger partial charge in [0.2, 0.25) is 0 Å². The Morgan fingerprint density at radius 3 is 2.28 bits per heavy atom. The summed E-state index contributed by atoms with van der Waals surface area (Å²) in [5.74, 6) is -0.156. The lowest BCUT2D eigenvalue weighted by atomic mass is 9.78. The Kier molecular flexibility index (Phi) is 3.76. The quantitative estimate of drug-likeness (QED) is 0.559. The van der Waals surface area contributed by atoms with Crippen LogP contribution in [0.15, 0.2) is 24.3 Å². The minimum Gasteiger partial charge on any atom is -0.369 e. The van der Waals surface area contributed by atoms with Crippen molar-refractivity contribution in [3.05, 3.63) is 35.6 Å². The molecule has 1 aromatic carbocycles. The van der Waals surface area contributed by atoms with Crippen LogP contribution in [0.3, 0.4) is 0 Å². The summed E-state index contributed by atoms with van der Waals surface area (Å²) in [5, 5.41) is 0. The van der Waals surface area contributed by atoms with Crippen molar-refractivity contribution in [2.45, 2.75) is 52.1 Å². The van der Waals surface area contributed by atoms with Gasteiger partial charge in [-0.1, -0.05) is 39.3 Å². The Hall–Kier alpha value is -0.890. The first kappa shape index (κ1) is 13.5. The maximum atomic E-state index is 12.8. The van der Waals surface area contributed by atoms with Crippen molar-refractivity contribution in [3.8, 4) is 0 Å². The second-order valence-corrected chi connectivity index (χ2v) is 6.37. The number of aryl methyl sites for hydroxylation is 1. The lowest BCUT2D eigenvalue weighted by molar-refractivity contribution is 0.142. The standard InChI is InChI=1S/C16H23FO/c1-15(2,3)16(12-18-16)11-5-4-6-13-7-9-14(17)10-8-13/h7-10H,4-6,11-12H2,1-3H3. The zero-order valence-electron chi connectivity index (χ0n) is 11.6. The molecule has 1 fully saturated rings. The summed E-state index contributed by atoms with van der Waals surface area (Å²) in [6.07, 6.45) is 4.49. The van der Waals surface area contributed by atoms with Crippen molar-refractivity contribution in [1.82, 2.24) is 0 Å². The molecule has 1 heterocycles. The van der Waals surface area contributed by atoms with Crippen LogP contribution in [0, 0.1) is 11.2 Å². The normalized spacial score (nSPS) is 23.1. The van der Waals surface area contributed by atoms with Crippen molar-refractivity contribution in [3.63, 3.8) is 0 Å². The third-order valence-corrected chi connectivity index (χ3v) is 4.07. The van der Waals surface area contributed by atoms with Crippen LogP contribution in [0.25, 0.3) is 0 Å². The summed E-state index contributed by atoms with van der Waals surface area (Å²) in [6, 6.07) is 6.83. The van der Waals surface area contributed by atoms with Gasteiger partial charge in [-0.25, -0.2) is 4.39 Å². The molecule has 1 aliphatic rings.